The molecule has 0 spiro atoms. The second-order valence-corrected chi connectivity index (χ2v) is 9.69. The number of carbonyl (C=O) groups excluding carboxylic acids is 2. The molecule has 0 bridgehead atoms. The van der Waals surface area contributed by atoms with Gasteiger partial charge >= 0.3 is 5.97 Å². The molecule has 3 aromatic carbocycles. The Bertz CT molecular complexity index is 1510. The Kier molecular flexibility index (Phi) is 6.25. The first kappa shape index (κ1) is 24.3. The van der Waals surface area contributed by atoms with E-state index < -0.39 is 29.7 Å². The van der Waals surface area contributed by atoms with E-state index in [1.165, 1.54) is 0 Å². The van der Waals surface area contributed by atoms with Gasteiger partial charge in [-0.05, 0) is 23.9 Å². The monoisotopic (exact) mass is 494 g/mol. The van der Waals surface area contributed by atoms with Crippen molar-refractivity contribution in [3.05, 3.63) is 126 Å². The van der Waals surface area contributed by atoms with Crippen LogP contribution in [0.1, 0.15) is 47.3 Å². The highest BCUT2D eigenvalue weighted by molar-refractivity contribution is 6.01. The molecular formula is C31H28NO5+. The van der Waals surface area contributed by atoms with Crippen LogP contribution in [0, 0.1) is 6.92 Å². The summed E-state index contributed by atoms with van der Waals surface area (Å²) >= 11 is 0. The quantitative estimate of drug-likeness (QED) is 0.211. The lowest BCUT2D eigenvalue weighted by molar-refractivity contribution is -0.708. The molecule has 37 heavy (non-hydrogen) atoms. The first-order chi connectivity index (χ1) is 17.7. The molecule has 186 valence electrons. The van der Waals surface area contributed by atoms with Crippen LogP contribution >= 0.6 is 0 Å². The highest BCUT2D eigenvalue weighted by Gasteiger charge is 2.48. The average molecular weight is 495 g/mol. The van der Waals surface area contributed by atoms with E-state index in [1.807, 2.05) is 80.0 Å². The number of rotatable bonds is 6. The highest BCUT2D eigenvalue weighted by Crippen LogP contribution is 2.40. The van der Waals surface area contributed by atoms with Gasteiger partial charge in [0.2, 0.25) is 11.8 Å². The molecule has 0 aliphatic carbocycles. The van der Waals surface area contributed by atoms with Gasteiger partial charge in [-0.15, -0.1) is 0 Å². The number of benzene rings is 3. The molecule has 1 N–H and O–H groups in total. The minimum Gasteiger partial charge on any atom is -0.480 e. The topological polar surface area (TPSA) is 76.7 Å². The lowest BCUT2D eigenvalue weighted by atomic mass is 9.80. The number of aliphatic hydroxyl groups excluding tert-OH is 1. The molecule has 0 amide bonds. The molecule has 0 saturated carbocycles. The third kappa shape index (κ3) is 4.83. The number of hydrogen-bond donors (Lipinski definition) is 1. The van der Waals surface area contributed by atoms with Gasteiger partial charge in [0.25, 0.3) is 11.7 Å². The fourth-order valence-corrected chi connectivity index (χ4v) is 4.77. The number of cyclic esters (lactones) is 1. The molecule has 0 radical (unpaired) electrons. The molecule has 2 heterocycles. The van der Waals surface area contributed by atoms with Crippen LogP contribution in [0.3, 0.4) is 0 Å². The van der Waals surface area contributed by atoms with Crippen molar-refractivity contribution in [1.29, 1.82) is 0 Å². The molecule has 2 unspecified atom stereocenters. The van der Waals surface area contributed by atoms with Gasteiger partial charge in [0.15, 0.2) is 12.4 Å². The van der Waals surface area contributed by atoms with Crippen LogP contribution in [0.5, 0.6) is 0 Å². The van der Waals surface area contributed by atoms with Gasteiger partial charge < -0.3 is 14.6 Å². The zero-order valence-electron chi connectivity index (χ0n) is 20.9. The van der Waals surface area contributed by atoms with E-state index >= 15 is 0 Å². The smallest absolute Gasteiger partial charge is 0.345 e. The third-order valence-electron chi connectivity index (χ3n) is 6.55. The Morgan fingerprint density at radius 1 is 0.865 bits per heavy atom. The van der Waals surface area contributed by atoms with Gasteiger partial charge in [-0.3, -0.25) is 4.79 Å². The van der Waals surface area contributed by atoms with Gasteiger partial charge in [-0.1, -0.05) is 78.4 Å². The van der Waals surface area contributed by atoms with E-state index in [9.17, 15) is 14.7 Å². The average Bonchev–Trinajstić information content (AvgIpc) is 2.88. The summed E-state index contributed by atoms with van der Waals surface area (Å²) < 4.78 is 12.9. The van der Waals surface area contributed by atoms with Crippen molar-refractivity contribution in [3.63, 3.8) is 0 Å². The summed E-state index contributed by atoms with van der Waals surface area (Å²) in [5, 5.41) is 13.0. The van der Waals surface area contributed by atoms with E-state index in [1.54, 1.807) is 42.7 Å². The maximum Gasteiger partial charge on any atom is 0.345 e. The van der Waals surface area contributed by atoms with Crippen LogP contribution < -0.4 is 4.57 Å². The SMILES string of the molecule is Cc1ccc(C(C2=C(O)OC(C)(C)OC2=O)C(C(=O)c2ccccc2)[n+]2ccc3ccccc3c2)cc1. The predicted molar refractivity (Wildman–Crippen MR) is 139 cm³/mol. The lowest BCUT2D eigenvalue weighted by Crippen LogP contribution is -2.49. The number of aryl methyl sites for hydroxylation is 1. The van der Waals surface area contributed by atoms with Crippen molar-refractivity contribution >= 4 is 22.5 Å². The Labute approximate surface area is 215 Å². The standard InChI is InChI=1S/C31H27NO5/c1-20-13-15-22(16-14-20)25(26-29(34)36-31(2,3)37-30(26)35)27(28(33)23-10-5-4-6-11-23)32-18-17-21-9-7-8-12-24(21)19-32/h4-19,25,27H,1-3H3/p+1. The number of ketones is 1. The molecule has 1 aliphatic heterocycles. The Morgan fingerprint density at radius 2 is 1.51 bits per heavy atom. The van der Waals surface area contributed by atoms with Crippen LogP contribution in [0.25, 0.3) is 10.8 Å². The van der Waals surface area contributed by atoms with E-state index in [2.05, 4.69) is 0 Å². The van der Waals surface area contributed by atoms with Gasteiger partial charge in [-0.2, -0.15) is 4.57 Å². The molecular weight excluding hydrogens is 466 g/mol. The number of aliphatic hydroxyl groups is 1. The number of fused-ring (bicyclic) bond motifs is 1. The van der Waals surface area contributed by atoms with Crippen LogP contribution in [0.2, 0.25) is 0 Å². The number of pyridine rings is 1. The van der Waals surface area contributed by atoms with Crippen molar-refractivity contribution in [2.75, 3.05) is 0 Å². The maximum atomic E-state index is 14.2. The molecule has 1 aromatic heterocycles. The maximum absolute atomic E-state index is 14.2. The van der Waals surface area contributed by atoms with Crippen molar-refractivity contribution in [2.45, 2.75) is 38.5 Å². The highest BCUT2D eigenvalue weighted by atomic mass is 16.8. The molecule has 5 rings (SSSR count). The number of nitrogens with zero attached hydrogens (tertiary/aromatic N) is 1. The van der Waals surface area contributed by atoms with Crippen molar-refractivity contribution < 1.29 is 28.7 Å². The third-order valence-corrected chi connectivity index (χ3v) is 6.55. The minimum absolute atomic E-state index is 0.0990. The summed E-state index contributed by atoms with van der Waals surface area (Å²) in [5.74, 6) is -3.73. The van der Waals surface area contributed by atoms with E-state index in [-0.39, 0.29) is 11.4 Å². The largest absolute Gasteiger partial charge is 0.480 e. The number of esters is 1. The molecule has 4 aromatic rings. The van der Waals surface area contributed by atoms with E-state index in [4.69, 9.17) is 9.47 Å². The number of ether oxygens (including phenoxy) is 2. The van der Waals surface area contributed by atoms with Crippen molar-refractivity contribution in [2.24, 2.45) is 0 Å². The number of hydrogen-bond acceptors (Lipinski definition) is 5. The van der Waals surface area contributed by atoms with Gasteiger partial charge in [0.05, 0.1) is 5.92 Å². The Hall–Kier alpha value is -4.45. The van der Waals surface area contributed by atoms with E-state index in [0.29, 0.717) is 11.1 Å². The first-order valence-electron chi connectivity index (χ1n) is 12.1. The molecule has 6 nitrogen and oxygen atoms in total. The minimum atomic E-state index is -1.34. The van der Waals surface area contributed by atoms with Crippen LogP contribution in [0.4, 0.5) is 0 Å². The molecule has 2 atom stereocenters. The van der Waals surface area contributed by atoms with Crippen molar-refractivity contribution in [1.82, 2.24) is 0 Å². The lowest BCUT2D eigenvalue weighted by Gasteiger charge is -2.34. The van der Waals surface area contributed by atoms with Gasteiger partial charge in [0.1, 0.15) is 5.57 Å². The fraction of sp³-hybridized carbons (Fsp3) is 0.194. The zero-order valence-corrected chi connectivity index (χ0v) is 20.9. The first-order valence-corrected chi connectivity index (χ1v) is 12.1. The Balaban J connectivity index is 1.77. The second-order valence-electron chi connectivity index (χ2n) is 9.69. The van der Waals surface area contributed by atoms with Crippen LogP contribution in [-0.4, -0.2) is 22.6 Å². The number of carbonyl (C=O) groups is 2. The van der Waals surface area contributed by atoms with Crippen molar-refractivity contribution in [3.8, 4) is 0 Å². The predicted octanol–water partition coefficient (Wildman–Crippen LogP) is 5.72. The summed E-state index contributed by atoms with van der Waals surface area (Å²) in [5.41, 5.74) is 2.07. The molecule has 0 saturated heterocycles. The molecule has 1 aliphatic rings. The molecule has 6 heteroatoms. The normalized spacial score (nSPS) is 16.6. The summed E-state index contributed by atoms with van der Waals surface area (Å²) in [6, 6.07) is 25.3. The second kappa shape index (κ2) is 9.54. The summed E-state index contributed by atoms with van der Waals surface area (Å²) in [4.78, 5) is 27.6. The summed E-state index contributed by atoms with van der Waals surface area (Å²) in [6.45, 7) is 5.05. The number of Topliss-reactive ketones (excluding diaryl/α,β-unsaturated/α-hetero) is 1. The summed E-state index contributed by atoms with van der Waals surface area (Å²) in [6.07, 6.45) is 3.71. The van der Waals surface area contributed by atoms with E-state index in [0.717, 1.165) is 16.3 Å². The fourth-order valence-electron chi connectivity index (χ4n) is 4.77. The van der Waals surface area contributed by atoms with Gasteiger partial charge in [0, 0.05) is 30.9 Å². The van der Waals surface area contributed by atoms with Gasteiger partial charge in [-0.25, -0.2) is 4.79 Å². The molecule has 0 fully saturated rings. The summed E-state index contributed by atoms with van der Waals surface area (Å²) in [7, 11) is 0. The Morgan fingerprint density at radius 3 is 2.19 bits per heavy atom. The number of aromatic nitrogens is 1. The van der Waals surface area contributed by atoms with Crippen LogP contribution in [0.15, 0.2) is 109 Å². The van der Waals surface area contributed by atoms with Crippen LogP contribution in [-0.2, 0) is 14.3 Å². The zero-order chi connectivity index (χ0) is 26.2.